The minimum atomic E-state index is -3.72. The van der Waals surface area contributed by atoms with Crippen molar-refractivity contribution < 1.29 is 123 Å². The molecule has 0 unspecified atom stereocenters. The number of hydrogen-bond donors (Lipinski definition) is 3. The Hall–Kier alpha value is -7.48. The molecule has 4 aliphatic heterocycles. The normalized spacial score (nSPS) is 26.8. The van der Waals surface area contributed by atoms with Crippen molar-refractivity contribution >= 4 is 73.8 Å². The molecule has 30 nitrogen and oxygen atoms in total. The van der Waals surface area contributed by atoms with E-state index in [1.54, 1.807) is 71.2 Å². The number of carbonyl (C=O) groups excluding carboxylic acids is 7. The number of cyclic esters (lactones) is 1. The van der Waals surface area contributed by atoms with Crippen LogP contribution < -0.4 is 10.5 Å². The van der Waals surface area contributed by atoms with Crippen LogP contribution in [0.2, 0.25) is 0 Å². The van der Waals surface area contributed by atoms with Crippen LogP contribution in [0.25, 0.3) is 11.1 Å². The number of Topliss-reactive ketones (excluding diaryl/α,β-unsaturated/α-hetero) is 4. The Bertz CT molecular complexity index is 4290. The van der Waals surface area contributed by atoms with Gasteiger partial charge >= 0.3 is 5.97 Å². The summed E-state index contributed by atoms with van der Waals surface area (Å²) in [7, 11) is 0.864. The largest absolute Gasteiger partial charge is 0.491 e. The number of aliphatic hydroxyl groups is 2. The number of carbonyl (C=O) groups is 7. The van der Waals surface area contributed by atoms with Gasteiger partial charge in [0, 0.05) is 114 Å². The lowest BCUT2D eigenvalue weighted by Gasteiger charge is -2.42. The fourth-order valence-electron chi connectivity index (χ4n) is 16.9. The van der Waals surface area contributed by atoms with Gasteiger partial charge < -0.3 is 96.8 Å². The van der Waals surface area contributed by atoms with Gasteiger partial charge in [0.15, 0.2) is 20.7 Å². The number of ketones is 4. The molecule has 8 rings (SSSR count). The molecule has 1 saturated carbocycles. The van der Waals surface area contributed by atoms with E-state index in [1.165, 1.54) is 24.1 Å². The molecule has 4 N–H and O–H groups in total. The average molecular weight is 1840 g/mol. The molecule has 5 heterocycles. The van der Waals surface area contributed by atoms with Gasteiger partial charge in [-0.15, -0.1) is 0 Å². The summed E-state index contributed by atoms with van der Waals surface area (Å²) in [5.74, 6) is -7.83. The number of hydrogen-bond acceptors (Lipinski definition) is 29. The summed E-state index contributed by atoms with van der Waals surface area (Å²) in [6.45, 7) is 21.3. The third-order valence-corrected chi connectivity index (χ3v) is 26.7. The second-order valence-corrected chi connectivity index (χ2v) is 37.2. The number of nitrogens with two attached hydrogens (primary N) is 1. The summed E-state index contributed by atoms with van der Waals surface area (Å²) < 4.78 is 114. The second kappa shape index (κ2) is 55.9. The number of piperidine rings is 1. The summed E-state index contributed by atoms with van der Waals surface area (Å²) in [4.78, 5) is 106. The summed E-state index contributed by atoms with van der Waals surface area (Å²) in [6, 6.07) is 12.7. The highest BCUT2D eigenvalue weighted by Crippen LogP contribution is 2.40. The number of anilines is 1. The molecule has 2 bridgehead atoms. The number of nitrogens with zero attached hydrogens (tertiary/aromatic N) is 3. The number of nitrogen functional groups attached to an aromatic ring is 1. The predicted molar refractivity (Wildman–Crippen MR) is 489 cm³/mol. The zero-order valence-electron chi connectivity index (χ0n) is 77.5. The van der Waals surface area contributed by atoms with E-state index in [1.807, 2.05) is 82.3 Å². The highest BCUT2D eigenvalue weighted by atomic mass is 32.2. The van der Waals surface area contributed by atoms with Crippen LogP contribution >= 0.6 is 12.2 Å². The van der Waals surface area contributed by atoms with Crippen LogP contribution in [0.15, 0.2) is 107 Å². The van der Waals surface area contributed by atoms with E-state index in [2.05, 4.69) is 4.98 Å². The van der Waals surface area contributed by atoms with E-state index in [0.717, 1.165) is 28.7 Å². The van der Waals surface area contributed by atoms with Crippen LogP contribution in [0.4, 0.5) is 5.82 Å². The van der Waals surface area contributed by atoms with Crippen LogP contribution in [-0.4, -0.2) is 286 Å². The Morgan fingerprint density at radius 3 is 1.96 bits per heavy atom. The summed E-state index contributed by atoms with van der Waals surface area (Å²) in [5.41, 5.74) is 10.6. The third kappa shape index (κ3) is 34.5. The molecule has 32 heteroatoms. The van der Waals surface area contributed by atoms with Gasteiger partial charge in [0.2, 0.25) is 5.79 Å². The van der Waals surface area contributed by atoms with Crippen molar-refractivity contribution in [3.8, 4) is 16.9 Å². The van der Waals surface area contributed by atoms with Crippen molar-refractivity contribution in [2.24, 2.45) is 35.5 Å². The fourth-order valence-corrected chi connectivity index (χ4v) is 18.5. The standard InChI is InChI=1S/C97H142N4O26S2/c1-65-19-13-12-14-20-66(2)85(113-9)61-78-28-24-72(8)97(110,127-78)93(106)95(108)101-35-16-15-22-81(101)96(109)126-86(62-82(103)68(4)56-71(7)91(105)92(115-11)90(104)70(6)55-65)69(5)57-73-25-31-84(87(59-73)114-10)125-89(128)23-17-37-116-40-42-118-44-46-120-48-50-122-52-53-123-51-49-121-47-45-119-43-41-117-38-34-77(102)21-18-54-129(111,112)79-29-30-80(67(3)58-79)94(107)100-36-39-124-83-32-26-74(60-76(83)64-100)75-27-33-88(98)99-63-75/h12-14,19-20,26-27,29-30,32-33,56,58,60,63,65,68-70,72-73,78,81,84-87,91-92,105,110H,15-18,21-25,28,31,34-55,57,59,61-62,64H2,1-11H3,(H2,98,99)/b14-12+,19-13+,66-20+,71-56+/t65-,68-,69-,70-,72-,73+,78+,81+,84-,85+,86+,87-,91-,92+,97-/m1/s1. The molecule has 5 aliphatic rings. The van der Waals surface area contributed by atoms with E-state index in [9.17, 15) is 52.2 Å². The molecular weight excluding hydrogens is 1700 g/mol. The zero-order chi connectivity index (χ0) is 93.4. The minimum absolute atomic E-state index is 0.0127. The molecule has 1 aliphatic carbocycles. The molecule has 3 aromatic rings. The Morgan fingerprint density at radius 1 is 0.682 bits per heavy atom. The van der Waals surface area contributed by atoms with Gasteiger partial charge in [-0.25, -0.2) is 18.2 Å². The molecule has 2 amide bonds. The Morgan fingerprint density at radius 2 is 1.33 bits per heavy atom. The maximum atomic E-state index is 14.8. The Kier molecular flexibility index (Phi) is 46.3. The summed E-state index contributed by atoms with van der Waals surface area (Å²) in [6.07, 6.45) is 14.3. The van der Waals surface area contributed by atoms with Crippen molar-refractivity contribution in [1.29, 1.82) is 0 Å². The maximum absolute atomic E-state index is 14.8. The van der Waals surface area contributed by atoms with Crippen LogP contribution in [-0.2, 0) is 111 Å². The molecule has 129 heavy (non-hydrogen) atoms. The van der Waals surface area contributed by atoms with Gasteiger partial charge in [0.25, 0.3) is 17.6 Å². The van der Waals surface area contributed by atoms with Crippen LogP contribution in [0.3, 0.4) is 0 Å². The van der Waals surface area contributed by atoms with Crippen molar-refractivity contribution in [1.82, 2.24) is 14.8 Å². The van der Waals surface area contributed by atoms with Crippen LogP contribution in [0, 0.1) is 42.4 Å². The zero-order valence-corrected chi connectivity index (χ0v) is 79.2. The molecule has 0 radical (unpaired) electrons. The van der Waals surface area contributed by atoms with E-state index in [-0.39, 0.29) is 103 Å². The predicted octanol–water partition coefficient (Wildman–Crippen LogP) is 11.6. The molecule has 718 valence electrons. The molecule has 2 saturated heterocycles. The summed E-state index contributed by atoms with van der Waals surface area (Å²) >= 11 is 5.72. The third-order valence-electron chi connectivity index (χ3n) is 24.6. The van der Waals surface area contributed by atoms with Crippen molar-refractivity contribution in [3.05, 3.63) is 119 Å². The Labute approximate surface area is 767 Å². The van der Waals surface area contributed by atoms with Gasteiger partial charge in [0.05, 0.1) is 135 Å². The monoisotopic (exact) mass is 1840 g/mol. The van der Waals surface area contributed by atoms with Crippen molar-refractivity contribution in [3.63, 3.8) is 0 Å². The highest BCUT2D eigenvalue weighted by Gasteiger charge is 2.53. The van der Waals surface area contributed by atoms with Crippen molar-refractivity contribution in [2.45, 2.75) is 231 Å². The van der Waals surface area contributed by atoms with E-state index >= 15 is 0 Å². The lowest BCUT2D eigenvalue weighted by atomic mass is 9.78. The first-order chi connectivity index (χ1) is 61.9. The number of benzene rings is 2. The number of thiocarbonyl (C=S) groups is 1. The first-order valence-electron chi connectivity index (χ1n) is 45.9. The van der Waals surface area contributed by atoms with Gasteiger partial charge in [-0.05, 0) is 193 Å². The van der Waals surface area contributed by atoms with Gasteiger partial charge in [-0.3, -0.25) is 28.8 Å². The van der Waals surface area contributed by atoms with E-state index < -0.39 is 93.5 Å². The number of methoxy groups -OCH3 is 3. The molecule has 2 aromatic carbocycles. The van der Waals surface area contributed by atoms with Gasteiger partial charge in [0.1, 0.15) is 60.2 Å². The molecule has 0 spiro atoms. The first-order valence-corrected chi connectivity index (χ1v) is 47.9. The number of aromatic nitrogens is 1. The number of pyridine rings is 1. The van der Waals surface area contributed by atoms with Gasteiger partial charge in [-0.2, -0.15) is 0 Å². The Balaban J connectivity index is 0.643. The van der Waals surface area contributed by atoms with Crippen LogP contribution in [0.1, 0.15) is 179 Å². The molecule has 1 aromatic heterocycles. The minimum Gasteiger partial charge on any atom is -0.491 e. The average Bonchev–Trinajstić information content (AvgIpc) is 1.08. The number of sulfone groups is 1. The van der Waals surface area contributed by atoms with E-state index in [0.29, 0.717) is 223 Å². The number of rotatable bonds is 42. The molecule has 3 fully saturated rings. The molecule has 15 atom stereocenters. The number of amides is 2. The topological polar surface area (TPSA) is 378 Å². The van der Waals surface area contributed by atoms with E-state index in [4.69, 9.17) is 89.0 Å². The maximum Gasteiger partial charge on any atom is 0.329 e. The summed E-state index contributed by atoms with van der Waals surface area (Å²) in [5, 5.41) is 24.3. The van der Waals surface area contributed by atoms with Crippen LogP contribution in [0.5, 0.6) is 5.75 Å². The SMILES string of the molecule is CO[C@H]1C[C@@H]2CC[C@@H](C)[C@@](O)(O2)C(=O)C(=O)N2CCCC[C@H]2C(=O)O[C@H]([C@H](C)C[C@@H]2CC[C@@H](OC(=S)CCCOCCOCCOCCOCCOCCOCCOCCOCCC(=O)CCCS(=O)(=O)c3ccc(C(=O)N4CCOc5ccc(-c6ccc(N)nc6)cc5C4)c(C)c3)[C@H](OC)C2)CC(=O)[C@H](C)/C=C(\C)[C@@H](O)[C@@H](OC)C(=O)[C@H](C)C[C@H](C)/C=C/C=C/C=C/1C. The lowest BCUT2D eigenvalue weighted by Crippen LogP contribution is -2.61. The molecular formula is C97H142N4O26S2. The highest BCUT2D eigenvalue weighted by molar-refractivity contribution is 7.91. The first kappa shape index (κ1) is 107. The fraction of sp³-hybridized carbons (Fsp3) is 0.660. The quantitative estimate of drug-likeness (QED) is 0.0156. The van der Waals surface area contributed by atoms with Gasteiger partial charge in [-0.1, -0.05) is 77.1 Å². The number of aryl methyl sites for hydroxylation is 1. The number of fused-ring (bicyclic) bond motifs is 4. The number of aliphatic hydroxyl groups excluding tert-OH is 1. The van der Waals surface area contributed by atoms with Crippen molar-refractivity contribution in [2.75, 3.05) is 158 Å². The number of ether oxygens (including phenoxy) is 15. The smallest absolute Gasteiger partial charge is 0.329 e. The lowest BCUT2D eigenvalue weighted by molar-refractivity contribution is -0.265. The second-order valence-electron chi connectivity index (χ2n) is 34.6. The number of allylic oxidation sites excluding steroid dienone is 6. The number of esters is 1.